The predicted molar refractivity (Wildman–Crippen MR) is 155 cm³/mol. The topological polar surface area (TPSA) is 81.2 Å². The summed E-state index contributed by atoms with van der Waals surface area (Å²) < 4.78 is 7.55. The number of nitrogen functional groups attached to an aromatic ring is 1. The summed E-state index contributed by atoms with van der Waals surface area (Å²) in [4.78, 5) is 6.74. The van der Waals surface area contributed by atoms with Crippen molar-refractivity contribution in [2.75, 3.05) is 42.3 Å². The van der Waals surface area contributed by atoms with E-state index in [0.717, 1.165) is 47.0 Å². The van der Waals surface area contributed by atoms with E-state index in [9.17, 15) is 0 Å². The Morgan fingerprint density at radius 3 is 1.92 bits per heavy atom. The van der Waals surface area contributed by atoms with Crippen LogP contribution in [-0.2, 0) is 10.3 Å². The summed E-state index contributed by atoms with van der Waals surface area (Å²) in [6.07, 6.45) is 1.69. The number of ether oxygens (including phenoxy) is 1. The van der Waals surface area contributed by atoms with E-state index in [1.54, 1.807) is 6.20 Å². The second kappa shape index (κ2) is 10.6. The zero-order valence-corrected chi connectivity index (χ0v) is 21.9. The van der Waals surface area contributed by atoms with Gasteiger partial charge in [-0.05, 0) is 23.6 Å². The Morgan fingerprint density at radius 2 is 1.38 bits per heavy atom. The van der Waals surface area contributed by atoms with Gasteiger partial charge in [0.2, 0.25) is 0 Å². The van der Waals surface area contributed by atoms with Crippen LogP contribution < -0.4 is 16.0 Å². The van der Waals surface area contributed by atoms with Crippen LogP contribution in [0.4, 0.5) is 23.0 Å². The van der Waals surface area contributed by atoms with Crippen LogP contribution in [0.1, 0.15) is 22.4 Å². The highest BCUT2D eigenvalue weighted by Gasteiger charge is 2.41. The van der Waals surface area contributed by atoms with E-state index in [1.165, 1.54) is 0 Å². The minimum atomic E-state index is -0.747. The third kappa shape index (κ3) is 4.51. The maximum Gasteiger partial charge on any atom is 0.176 e. The van der Waals surface area contributed by atoms with E-state index in [0.29, 0.717) is 24.7 Å². The lowest BCUT2D eigenvalue weighted by Gasteiger charge is -2.37. The summed E-state index contributed by atoms with van der Waals surface area (Å²) in [6.45, 7) is 5.02. The number of morpholine rings is 1. The zero-order valence-electron chi connectivity index (χ0n) is 21.9. The summed E-state index contributed by atoms with van der Waals surface area (Å²) in [5.41, 5.74) is 11.5. The monoisotopic (exact) mass is 515 g/mol. The van der Waals surface area contributed by atoms with E-state index in [1.807, 2.05) is 31.2 Å². The Balaban J connectivity index is 1.50. The predicted octanol–water partition coefficient (Wildman–Crippen LogP) is 5.39. The number of rotatable bonds is 7. The number of benzene rings is 3. The molecule has 195 valence electrons. The van der Waals surface area contributed by atoms with Gasteiger partial charge in [0.05, 0.1) is 30.3 Å². The van der Waals surface area contributed by atoms with Gasteiger partial charge < -0.3 is 20.7 Å². The van der Waals surface area contributed by atoms with E-state index >= 15 is 0 Å². The van der Waals surface area contributed by atoms with Crippen molar-refractivity contribution in [2.45, 2.75) is 12.5 Å². The molecule has 0 atom stereocenters. The standard InChI is InChI=1S/C32H31N6O/c1-24-30(33)31(35-28-17-18-34-29(23-28)37-19-21-39-22-20-37)36-38(24)32(25-11-5-2-6-12-25,26-13-7-3-8-14-26)27-15-9-4-10-16-27/h2-16,18,23H,19-22,33H2,1H3,(H,34,35,36). The van der Waals surface area contributed by atoms with Gasteiger partial charge in [-0.1, -0.05) is 91.0 Å². The molecule has 1 radical (unpaired) electrons. The van der Waals surface area contributed by atoms with Gasteiger partial charge in [-0.2, -0.15) is 5.10 Å². The number of pyridine rings is 1. The molecule has 39 heavy (non-hydrogen) atoms. The number of anilines is 4. The molecule has 5 aromatic rings. The van der Waals surface area contributed by atoms with Crippen molar-refractivity contribution in [3.8, 4) is 0 Å². The molecule has 0 aliphatic carbocycles. The van der Waals surface area contributed by atoms with Crippen LogP contribution in [0.5, 0.6) is 0 Å². The van der Waals surface area contributed by atoms with Gasteiger partial charge in [0, 0.05) is 31.4 Å². The van der Waals surface area contributed by atoms with Gasteiger partial charge >= 0.3 is 0 Å². The van der Waals surface area contributed by atoms with Crippen molar-refractivity contribution in [3.05, 3.63) is 132 Å². The van der Waals surface area contributed by atoms with Gasteiger partial charge in [0.15, 0.2) is 5.82 Å². The molecule has 7 heteroatoms. The van der Waals surface area contributed by atoms with Crippen molar-refractivity contribution < 1.29 is 4.74 Å². The SMILES string of the molecule is Cc1c(N)c(Nc2[c]cnc(N3CCOCC3)c2)nn1C(c1ccccc1)(c1ccccc1)c1ccccc1. The molecule has 6 rings (SSSR count). The van der Waals surface area contributed by atoms with E-state index < -0.39 is 5.54 Å². The second-order valence-corrected chi connectivity index (χ2v) is 9.61. The normalized spacial score (nSPS) is 13.8. The van der Waals surface area contributed by atoms with Crippen molar-refractivity contribution >= 4 is 23.0 Å². The summed E-state index contributed by atoms with van der Waals surface area (Å²) in [7, 11) is 0. The summed E-state index contributed by atoms with van der Waals surface area (Å²) in [6, 6.07) is 36.6. The number of aromatic nitrogens is 3. The zero-order chi connectivity index (χ0) is 26.7. The van der Waals surface area contributed by atoms with Crippen molar-refractivity contribution in [1.29, 1.82) is 0 Å². The van der Waals surface area contributed by atoms with Crippen LogP contribution in [0.25, 0.3) is 0 Å². The fourth-order valence-corrected chi connectivity index (χ4v) is 5.38. The van der Waals surface area contributed by atoms with Gasteiger partial charge in [-0.25, -0.2) is 9.67 Å². The fraction of sp³-hybridized carbons (Fsp3) is 0.188. The largest absolute Gasteiger partial charge is 0.394 e. The first-order valence-corrected chi connectivity index (χ1v) is 13.2. The minimum absolute atomic E-state index is 0.579. The molecule has 3 aromatic carbocycles. The first kappa shape index (κ1) is 24.7. The highest BCUT2D eigenvalue weighted by Crippen LogP contribution is 2.43. The highest BCUT2D eigenvalue weighted by atomic mass is 16.5. The first-order chi connectivity index (χ1) is 19.2. The highest BCUT2D eigenvalue weighted by molar-refractivity contribution is 5.72. The molecule has 1 saturated heterocycles. The minimum Gasteiger partial charge on any atom is -0.394 e. The van der Waals surface area contributed by atoms with E-state index in [2.05, 4.69) is 98.7 Å². The van der Waals surface area contributed by atoms with Crippen LogP contribution in [-0.4, -0.2) is 41.1 Å². The Hall–Kier alpha value is -4.62. The maximum atomic E-state index is 6.76. The van der Waals surface area contributed by atoms with Gasteiger partial charge in [0.25, 0.3) is 0 Å². The lowest BCUT2D eigenvalue weighted by atomic mass is 9.77. The maximum absolute atomic E-state index is 6.76. The van der Waals surface area contributed by atoms with Crippen LogP contribution >= 0.6 is 0 Å². The first-order valence-electron chi connectivity index (χ1n) is 13.2. The lowest BCUT2D eigenvalue weighted by molar-refractivity contribution is 0.122. The molecule has 0 spiro atoms. The van der Waals surface area contributed by atoms with E-state index in [4.69, 9.17) is 15.6 Å². The summed E-state index contributed by atoms with van der Waals surface area (Å²) >= 11 is 0. The molecule has 1 aliphatic heterocycles. The van der Waals surface area contributed by atoms with Crippen LogP contribution in [0.2, 0.25) is 0 Å². The number of hydrogen-bond donors (Lipinski definition) is 2. The molecule has 3 N–H and O–H groups in total. The average molecular weight is 516 g/mol. The Morgan fingerprint density at radius 1 is 0.846 bits per heavy atom. The summed E-state index contributed by atoms with van der Waals surface area (Å²) in [5, 5.41) is 8.58. The van der Waals surface area contributed by atoms with E-state index in [-0.39, 0.29) is 0 Å². The van der Waals surface area contributed by atoms with Crippen molar-refractivity contribution in [1.82, 2.24) is 14.8 Å². The van der Waals surface area contributed by atoms with Crippen molar-refractivity contribution in [2.24, 2.45) is 0 Å². The number of nitrogens with two attached hydrogens (primary N) is 1. The lowest BCUT2D eigenvalue weighted by Crippen LogP contribution is -2.39. The molecule has 7 nitrogen and oxygen atoms in total. The molecule has 0 unspecified atom stereocenters. The number of hydrogen-bond acceptors (Lipinski definition) is 6. The van der Waals surface area contributed by atoms with Gasteiger partial charge in [-0.15, -0.1) is 0 Å². The quantitative estimate of drug-likeness (QED) is 0.283. The Kier molecular flexibility index (Phi) is 6.73. The molecule has 0 bridgehead atoms. The molecule has 1 fully saturated rings. The van der Waals surface area contributed by atoms with Crippen LogP contribution in [0, 0.1) is 13.0 Å². The third-order valence-corrected chi connectivity index (χ3v) is 7.33. The fourth-order valence-electron chi connectivity index (χ4n) is 5.38. The second-order valence-electron chi connectivity index (χ2n) is 9.61. The summed E-state index contributed by atoms with van der Waals surface area (Å²) in [5.74, 6) is 1.46. The third-order valence-electron chi connectivity index (χ3n) is 7.33. The number of nitrogens with zero attached hydrogens (tertiary/aromatic N) is 4. The number of nitrogens with one attached hydrogen (secondary N) is 1. The molecule has 3 heterocycles. The van der Waals surface area contributed by atoms with Gasteiger partial charge in [0.1, 0.15) is 11.4 Å². The molecule has 0 saturated carbocycles. The molecule has 2 aromatic heterocycles. The Labute approximate surface area is 228 Å². The van der Waals surface area contributed by atoms with Crippen LogP contribution in [0.3, 0.4) is 0 Å². The van der Waals surface area contributed by atoms with Crippen LogP contribution in [0.15, 0.2) is 103 Å². The smallest absolute Gasteiger partial charge is 0.176 e. The van der Waals surface area contributed by atoms with Gasteiger partial charge in [-0.3, -0.25) is 0 Å². The Bertz CT molecular complexity index is 1430. The molecular weight excluding hydrogens is 484 g/mol. The molecular formula is C32H31N6O. The molecule has 1 aliphatic rings. The average Bonchev–Trinajstić information content (AvgIpc) is 3.28. The van der Waals surface area contributed by atoms with Crippen molar-refractivity contribution in [3.63, 3.8) is 0 Å². The molecule has 0 amide bonds.